The number of anilines is 2. The van der Waals surface area contributed by atoms with E-state index in [1.165, 1.54) is 17.8 Å². The van der Waals surface area contributed by atoms with Crippen molar-refractivity contribution in [1.82, 2.24) is 9.97 Å². The molecule has 1 aromatic carbocycles. The summed E-state index contributed by atoms with van der Waals surface area (Å²) >= 11 is 7.21. The molecule has 0 unspecified atom stereocenters. The van der Waals surface area contributed by atoms with Crippen LogP contribution in [0.5, 0.6) is 0 Å². The van der Waals surface area contributed by atoms with Crippen LogP contribution >= 0.6 is 23.4 Å². The fourth-order valence-corrected chi connectivity index (χ4v) is 1.87. The molecule has 2 rings (SSSR count). The van der Waals surface area contributed by atoms with Gasteiger partial charge in [0, 0.05) is 6.07 Å². The van der Waals surface area contributed by atoms with Gasteiger partial charge in [0.25, 0.3) is 0 Å². The van der Waals surface area contributed by atoms with Crippen LogP contribution in [0.3, 0.4) is 0 Å². The molecule has 0 fully saturated rings. The summed E-state index contributed by atoms with van der Waals surface area (Å²) in [5, 5.41) is 3.72. The Kier molecular flexibility index (Phi) is 3.81. The van der Waals surface area contributed by atoms with Crippen LogP contribution < -0.4 is 5.32 Å². The summed E-state index contributed by atoms with van der Waals surface area (Å²) in [5.41, 5.74) is 0.356. The van der Waals surface area contributed by atoms with E-state index in [4.69, 9.17) is 11.6 Å². The highest BCUT2D eigenvalue weighted by molar-refractivity contribution is 7.98. The maximum absolute atomic E-state index is 13.4. The average molecular weight is 270 g/mol. The Balaban J connectivity index is 2.30. The summed E-state index contributed by atoms with van der Waals surface area (Å²) in [6, 6.07) is 7.92. The van der Waals surface area contributed by atoms with E-state index in [1.807, 2.05) is 6.26 Å². The molecule has 2 aromatic rings. The summed E-state index contributed by atoms with van der Waals surface area (Å²) in [6.07, 6.45) is 1.85. The zero-order chi connectivity index (χ0) is 12.3. The molecule has 0 amide bonds. The van der Waals surface area contributed by atoms with Gasteiger partial charge in [-0.3, -0.25) is 0 Å². The highest BCUT2D eigenvalue weighted by Crippen LogP contribution is 2.22. The third kappa shape index (κ3) is 3.08. The van der Waals surface area contributed by atoms with Gasteiger partial charge >= 0.3 is 0 Å². The maximum atomic E-state index is 13.4. The van der Waals surface area contributed by atoms with Crippen molar-refractivity contribution in [3.63, 3.8) is 0 Å². The minimum absolute atomic E-state index is 0.322. The van der Waals surface area contributed by atoms with Crippen molar-refractivity contribution in [1.29, 1.82) is 0 Å². The van der Waals surface area contributed by atoms with Gasteiger partial charge in [-0.25, -0.2) is 14.4 Å². The molecular formula is C11H9ClFN3S. The molecule has 0 aliphatic carbocycles. The first-order chi connectivity index (χ1) is 8.19. The van der Waals surface area contributed by atoms with Gasteiger partial charge in [-0.2, -0.15) is 0 Å². The molecule has 0 saturated heterocycles. The predicted octanol–water partition coefficient (Wildman–Crippen LogP) is 3.73. The van der Waals surface area contributed by atoms with Gasteiger partial charge in [-0.05, 0) is 18.4 Å². The average Bonchev–Trinajstić information content (AvgIpc) is 2.31. The molecule has 0 saturated carbocycles. The van der Waals surface area contributed by atoms with Gasteiger partial charge < -0.3 is 5.32 Å². The van der Waals surface area contributed by atoms with Gasteiger partial charge in [0.15, 0.2) is 5.16 Å². The second-order valence-corrected chi connectivity index (χ2v) is 4.33. The topological polar surface area (TPSA) is 37.8 Å². The zero-order valence-corrected chi connectivity index (χ0v) is 10.5. The number of hydrogen-bond acceptors (Lipinski definition) is 4. The summed E-state index contributed by atoms with van der Waals surface area (Å²) in [6.45, 7) is 0. The number of halogens is 2. The third-order valence-corrected chi connectivity index (χ3v) is 2.73. The Labute approximate surface area is 107 Å². The molecule has 88 valence electrons. The first-order valence-corrected chi connectivity index (χ1v) is 6.39. The highest BCUT2D eigenvalue weighted by Gasteiger charge is 2.05. The quantitative estimate of drug-likeness (QED) is 0.523. The highest BCUT2D eigenvalue weighted by atomic mass is 35.5. The van der Waals surface area contributed by atoms with E-state index in [1.54, 1.807) is 24.3 Å². The molecule has 1 aromatic heterocycles. The molecule has 0 aliphatic heterocycles. The fourth-order valence-electron chi connectivity index (χ4n) is 1.25. The number of nitrogens with zero attached hydrogens (tertiary/aromatic N) is 2. The van der Waals surface area contributed by atoms with Gasteiger partial charge in [-0.1, -0.05) is 35.5 Å². The summed E-state index contributed by atoms with van der Waals surface area (Å²) in [7, 11) is 0. The summed E-state index contributed by atoms with van der Waals surface area (Å²) in [4.78, 5) is 8.18. The van der Waals surface area contributed by atoms with Crippen LogP contribution in [0.25, 0.3) is 0 Å². The van der Waals surface area contributed by atoms with E-state index in [0.717, 1.165) is 0 Å². The number of nitrogens with one attached hydrogen (secondary N) is 1. The normalized spacial score (nSPS) is 10.3. The van der Waals surface area contributed by atoms with Crippen molar-refractivity contribution >= 4 is 34.9 Å². The molecule has 0 spiro atoms. The van der Waals surface area contributed by atoms with Gasteiger partial charge in [0.2, 0.25) is 0 Å². The Morgan fingerprint density at radius 1 is 1.29 bits per heavy atom. The van der Waals surface area contributed by atoms with E-state index in [-0.39, 0.29) is 5.82 Å². The predicted molar refractivity (Wildman–Crippen MR) is 68.5 cm³/mol. The minimum Gasteiger partial charge on any atom is -0.338 e. The van der Waals surface area contributed by atoms with Crippen molar-refractivity contribution in [3.05, 3.63) is 41.3 Å². The number of para-hydroxylation sites is 1. The molecule has 0 aliphatic rings. The molecule has 1 N–H and O–H groups in total. The molecule has 6 heteroatoms. The lowest BCUT2D eigenvalue weighted by Crippen LogP contribution is -1.98. The lowest BCUT2D eigenvalue weighted by Gasteiger charge is -2.07. The lowest BCUT2D eigenvalue weighted by atomic mass is 10.3. The van der Waals surface area contributed by atoms with Gasteiger partial charge in [0.05, 0.1) is 5.69 Å². The Morgan fingerprint density at radius 2 is 2.06 bits per heavy atom. The van der Waals surface area contributed by atoms with Crippen LogP contribution in [0.1, 0.15) is 0 Å². The standard InChI is InChI=1S/C11H9ClFN3S/c1-17-11-15-9(12)6-10(16-11)14-8-5-3-2-4-7(8)13/h2-6H,1H3,(H,14,15,16). The van der Waals surface area contributed by atoms with Crippen molar-refractivity contribution in [3.8, 4) is 0 Å². The van der Waals surface area contributed by atoms with Crippen molar-refractivity contribution in [2.75, 3.05) is 11.6 Å². The van der Waals surface area contributed by atoms with E-state index in [2.05, 4.69) is 15.3 Å². The first kappa shape index (κ1) is 12.1. The molecule has 3 nitrogen and oxygen atoms in total. The first-order valence-electron chi connectivity index (χ1n) is 4.79. The fraction of sp³-hybridized carbons (Fsp3) is 0.0909. The molecule has 0 atom stereocenters. The van der Waals surface area contributed by atoms with Crippen LogP contribution in [-0.4, -0.2) is 16.2 Å². The van der Waals surface area contributed by atoms with Gasteiger partial charge in [0.1, 0.15) is 16.8 Å². The van der Waals surface area contributed by atoms with E-state index in [0.29, 0.717) is 21.8 Å². The Morgan fingerprint density at radius 3 is 2.76 bits per heavy atom. The number of aromatic nitrogens is 2. The number of hydrogen-bond donors (Lipinski definition) is 1. The zero-order valence-electron chi connectivity index (χ0n) is 8.95. The van der Waals surface area contributed by atoms with E-state index < -0.39 is 0 Å². The SMILES string of the molecule is CSc1nc(Cl)cc(Nc2ccccc2F)n1. The van der Waals surface area contributed by atoms with E-state index >= 15 is 0 Å². The number of thioether (sulfide) groups is 1. The van der Waals surface area contributed by atoms with Crippen molar-refractivity contribution in [2.45, 2.75) is 5.16 Å². The van der Waals surface area contributed by atoms with Crippen LogP contribution in [-0.2, 0) is 0 Å². The third-order valence-electron chi connectivity index (χ3n) is 1.99. The maximum Gasteiger partial charge on any atom is 0.190 e. The molecule has 0 bridgehead atoms. The Hall–Kier alpha value is -1.33. The van der Waals surface area contributed by atoms with Crippen LogP contribution in [0, 0.1) is 5.82 Å². The molecule has 0 radical (unpaired) electrons. The van der Waals surface area contributed by atoms with Crippen LogP contribution in [0.2, 0.25) is 5.15 Å². The molecule has 1 heterocycles. The van der Waals surface area contributed by atoms with Crippen molar-refractivity contribution in [2.24, 2.45) is 0 Å². The largest absolute Gasteiger partial charge is 0.338 e. The second kappa shape index (κ2) is 5.33. The molecular weight excluding hydrogens is 261 g/mol. The second-order valence-electron chi connectivity index (χ2n) is 3.17. The van der Waals surface area contributed by atoms with Crippen LogP contribution in [0.15, 0.2) is 35.5 Å². The lowest BCUT2D eigenvalue weighted by molar-refractivity contribution is 0.631. The number of rotatable bonds is 3. The van der Waals surface area contributed by atoms with E-state index in [9.17, 15) is 4.39 Å². The van der Waals surface area contributed by atoms with Crippen molar-refractivity contribution < 1.29 is 4.39 Å². The summed E-state index contributed by atoms with van der Waals surface area (Å²) in [5.74, 6) is 0.132. The summed E-state index contributed by atoms with van der Waals surface area (Å²) < 4.78 is 13.4. The minimum atomic E-state index is -0.340. The van der Waals surface area contributed by atoms with Gasteiger partial charge in [-0.15, -0.1) is 0 Å². The monoisotopic (exact) mass is 269 g/mol. The number of benzene rings is 1. The molecule has 17 heavy (non-hydrogen) atoms. The Bertz CT molecular complexity index is 536. The smallest absolute Gasteiger partial charge is 0.190 e. The van der Waals surface area contributed by atoms with Crippen LogP contribution in [0.4, 0.5) is 15.9 Å².